The molecule has 0 radical (unpaired) electrons. The van der Waals surface area contributed by atoms with Crippen LogP contribution in [0.5, 0.6) is 0 Å². The van der Waals surface area contributed by atoms with Crippen LogP contribution in [0.15, 0.2) is 28.7 Å². The summed E-state index contributed by atoms with van der Waals surface area (Å²) in [5.74, 6) is 0.560. The molecule has 0 bridgehead atoms. The van der Waals surface area contributed by atoms with Crippen molar-refractivity contribution in [3.8, 4) is 0 Å². The number of nitrogens with one attached hydrogen (secondary N) is 2. The summed E-state index contributed by atoms with van der Waals surface area (Å²) in [5.41, 5.74) is 2.06. The number of benzene rings is 1. The van der Waals surface area contributed by atoms with Gasteiger partial charge in [0.1, 0.15) is 0 Å². The second-order valence-electron chi connectivity index (χ2n) is 4.10. The molecule has 2 aromatic rings. The van der Waals surface area contributed by atoms with Gasteiger partial charge in [-0.05, 0) is 31.3 Å². The van der Waals surface area contributed by atoms with Gasteiger partial charge < -0.3 is 20.0 Å². The van der Waals surface area contributed by atoms with Crippen LogP contribution in [0.2, 0.25) is 0 Å². The van der Waals surface area contributed by atoms with Crippen molar-refractivity contribution in [2.24, 2.45) is 0 Å². The van der Waals surface area contributed by atoms with E-state index in [1.807, 2.05) is 50.3 Å². The first-order chi connectivity index (χ1) is 8.69. The van der Waals surface area contributed by atoms with Crippen molar-refractivity contribution in [2.45, 2.75) is 6.54 Å². The molecule has 0 saturated heterocycles. The van der Waals surface area contributed by atoms with Crippen LogP contribution in [0.25, 0.3) is 0 Å². The van der Waals surface area contributed by atoms with E-state index in [9.17, 15) is 0 Å². The third kappa shape index (κ3) is 2.98. The van der Waals surface area contributed by atoms with Gasteiger partial charge in [0.15, 0.2) is 0 Å². The van der Waals surface area contributed by atoms with Crippen LogP contribution < -0.4 is 15.5 Å². The highest BCUT2D eigenvalue weighted by atomic mass is 16.4. The van der Waals surface area contributed by atoms with Crippen LogP contribution in [0.1, 0.15) is 5.89 Å². The molecule has 0 unspecified atom stereocenters. The Morgan fingerprint density at radius 3 is 2.50 bits per heavy atom. The van der Waals surface area contributed by atoms with Gasteiger partial charge in [0.05, 0.1) is 6.54 Å². The van der Waals surface area contributed by atoms with E-state index < -0.39 is 0 Å². The van der Waals surface area contributed by atoms with Crippen LogP contribution in [-0.2, 0) is 6.54 Å². The Balaban J connectivity index is 2.03. The molecule has 2 N–H and O–H groups in total. The Morgan fingerprint density at radius 1 is 1.17 bits per heavy atom. The van der Waals surface area contributed by atoms with Gasteiger partial charge in [0.25, 0.3) is 0 Å². The molecule has 2 rings (SSSR count). The standard InChI is InChI=1S/C12H17N5O/c1-13-8-11-15-16-12(18-11)14-9-4-6-10(7-5-9)17(2)3/h4-7,13H,8H2,1-3H3,(H,14,16). The molecule has 18 heavy (non-hydrogen) atoms. The lowest BCUT2D eigenvalue weighted by Gasteiger charge is -2.12. The molecular formula is C12H17N5O. The summed E-state index contributed by atoms with van der Waals surface area (Å²) >= 11 is 0. The maximum Gasteiger partial charge on any atom is 0.320 e. The van der Waals surface area contributed by atoms with Crippen molar-refractivity contribution in [1.82, 2.24) is 15.5 Å². The predicted octanol–water partition coefficient (Wildman–Crippen LogP) is 1.60. The highest BCUT2D eigenvalue weighted by Gasteiger charge is 2.05. The number of nitrogens with zero attached hydrogens (tertiary/aromatic N) is 3. The summed E-state index contributed by atoms with van der Waals surface area (Å²) in [6, 6.07) is 8.38. The minimum atomic E-state index is 0.401. The maximum atomic E-state index is 5.40. The van der Waals surface area contributed by atoms with Crippen molar-refractivity contribution in [2.75, 3.05) is 31.4 Å². The Kier molecular flexibility index (Phi) is 3.78. The smallest absolute Gasteiger partial charge is 0.320 e. The molecule has 0 aliphatic heterocycles. The molecule has 0 aliphatic carbocycles. The van der Waals surface area contributed by atoms with Crippen LogP contribution in [0.3, 0.4) is 0 Å². The zero-order chi connectivity index (χ0) is 13.0. The second-order valence-corrected chi connectivity index (χ2v) is 4.10. The van der Waals surface area contributed by atoms with Gasteiger partial charge in [-0.3, -0.25) is 0 Å². The average Bonchev–Trinajstić information content (AvgIpc) is 2.78. The van der Waals surface area contributed by atoms with E-state index >= 15 is 0 Å². The quantitative estimate of drug-likeness (QED) is 0.836. The molecular weight excluding hydrogens is 230 g/mol. The zero-order valence-corrected chi connectivity index (χ0v) is 10.8. The van der Waals surface area contributed by atoms with E-state index in [1.54, 1.807) is 0 Å². The molecule has 1 heterocycles. The Bertz CT molecular complexity index is 491. The average molecular weight is 247 g/mol. The molecule has 96 valence electrons. The third-order valence-corrected chi connectivity index (χ3v) is 2.43. The molecule has 0 amide bonds. The molecule has 0 aliphatic rings. The zero-order valence-electron chi connectivity index (χ0n) is 10.8. The number of rotatable bonds is 5. The van der Waals surface area contributed by atoms with Gasteiger partial charge in [0, 0.05) is 25.5 Å². The number of aromatic nitrogens is 2. The molecule has 6 heteroatoms. The van der Waals surface area contributed by atoms with Crippen molar-refractivity contribution in [3.05, 3.63) is 30.2 Å². The van der Waals surface area contributed by atoms with E-state index in [0.29, 0.717) is 18.5 Å². The lowest BCUT2D eigenvalue weighted by atomic mass is 10.2. The van der Waals surface area contributed by atoms with Crippen molar-refractivity contribution >= 4 is 17.4 Å². The second kappa shape index (κ2) is 5.50. The van der Waals surface area contributed by atoms with Gasteiger partial charge in [-0.15, -0.1) is 5.10 Å². The monoisotopic (exact) mass is 247 g/mol. The normalized spacial score (nSPS) is 10.4. The number of hydrogen-bond donors (Lipinski definition) is 2. The third-order valence-electron chi connectivity index (χ3n) is 2.43. The Hall–Kier alpha value is -2.08. The number of hydrogen-bond acceptors (Lipinski definition) is 6. The minimum absolute atomic E-state index is 0.401. The maximum absolute atomic E-state index is 5.40. The van der Waals surface area contributed by atoms with Gasteiger partial charge in [-0.2, -0.15) is 0 Å². The first-order valence-corrected chi connectivity index (χ1v) is 5.70. The fraction of sp³-hybridized carbons (Fsp3) is 0.333. The van der Waals surface area contributed by atoms with E-state index in [-0.39, 0.29) is 0 Å². The first kappa shape index (κ1) is 12.4. The Morgan fingerprint density at radius 2 is 1.89 bits per heavy atom. The van der Waals surface area contributed by atoms with Crippen molar-refractivity contribution in [3.63, 3.8) is 0 Å². The van der Waals surface area contributed by atoms with Crippen LogP contribution in [0.4, 0.5) is 17.4 Å². The van der Waals surface area contributed by atoms with Crippen LogP contribution >= 0.6 is 0 Å². The van der Waals surface area contributed by atoms with Crippen molar-refractivity contribution < 1.29 is 4.42 Å². The summed E-state index contributed by atoms with van der Waals surface area (Å²) in [4.78, 5) is 2.04. The van der Waals surface area contributed by atoms with Crippen molar-refractivity contribution in [1.29, 1.82) is 0 Å². The summed E-state index contributed by atoms with van der Waals surface area (Å²) in [5, 5.41) is 13.8. The largest absolute Gasteiger partial charge is 0.406 e. The lowest BCUT2D eigenvalue weighted by Crippen LogP contribution is -2.08. The highest BCUT2D eigenvalue weighted by Crippen LogP contribution is 2.19. The molecule has 1 aromatic carbocycles. The fourth-order valence-electron chi connectivity index (χ4n) is 1.49. The van der Waals surface area contributed by atoms with E-state index in [1.165, 1.54) is 0 Å². The SMILES string of the molecule is CNCc1nnc(Nc2ccc(N(C)C)cc2)o1. The van der Waals surface area contributed by atoms with Crippen LogP contribution in [-0.4, -0.2) is 31.3 Å². The minimum Gasteiger partial charge on any atom is -0.406 e. The summed E-state index contributed by atoms with van der Waals surface area (Å²) in [6.45, 7) is 0.564. The molecule has 1 aromatic heterocycles. The molecule has 0 atom stereocenters. The summed E-state index contributed by atoms with van der Waals surface area (Å²) in [7, 11) is 5.84. The molecule has 0 spiro atoms. The predicted molar refractivity (Wildman–Crippen MR) is 71.1 cm³/mol. The van der Waals surface area contributed by atoms with E-state index in [4.69, 9.17) is 4.42 Å². The van der Waals surface area contributed by atoms with E-state index in [0.717, 1.165) is 11.4 Å². The van der Waals surface area contributed by atoms with Gasteiger partial charge in [0.2, 0.25) is 5.89 Å². The molecule has 0 saturated carbocycles. The van der Waals surface area contributed by atoms with Gasteiger partial charge in [-0.25, -0.2) is 0 Å². The first-order valence-electron chi connectivity index (χ1n) is 5.70. The molecule has 0 fully saturated rings. The lowest BCUT2D eigenvalue weighted by molar-refractivity contribution is 0.493. The van der Waals surface area contributed by atoms with Crippen LogP contribution in [0, 0.1) is 0 Å². The molecule has 6 nitrogen and oxygen atoms in total. The summed E-state index contributed by atoms with van der Waals surface area (Å²) in [6.07, 6.45) is 0. The number of anilines is 3. The Labute approximate surface area is 106 Å². The summed E-state index contributed by atoms with van der Waals surface area (Å²) < 4.78 is 5.40. The fourth-order valence-corrected chi connectivity index (χ4v) is 1.49. The topological polar surface area (TPSA) is 66.2 Å². The van der Waals surface area contributed by atoms with Gasteiger partial charge in [-0.1, -0.05) is 5.10 Å². The van der Waals surface area contributed by atoms with Gasteiger partial charge >= 0.3 is 6.01 Å². The highest BCUT2D eigenvalue weighted by molar-refractivity contribution is 5.58. The van der Waals surface area contributed by atoms with E-state index in [2.05, 4.69) is 20.8 Å².